The molecular weight excluding hydrogens is 373 g/mol. The van der Waals surface area contributed by atoms with Crippen LogP contribution < -0.4 is 5.32 Å². The molecule has 1 aromatic carbocycles. The highest BCUT2D eigenvalue weighted by Gasteiger charge is 2.13. The lowest BCUT2D eigenvalue weighted by Gasteiger charge is -2.10. The van der Waals surface area contributed by atoms with Crippen molar-refractivity contribution < 1.29 is 18.7 Å². The zero-order chi connectivity index (χ0) is 20.0. The molecule has 27 heavy (non-hydrogen) atoms. The number of hydrogen-bond donors (Lipinski definition) is 1. The van der Waals surface area contributed by atoms with Crippen LogP contribution in [0.25, 0.3) is 11.8 Å². The van der Waals surface area contributed by atoms with Crippen molar-refractivity contribution in [2.45, 2.75) is 33.2 Å². The number of esters is 1. The second kappa shape index (κ2) is 9.32. The quantitative estimate of drug-likeness (QED) is 0.577. The average Bonchev–Trinajstić information content (AvgIpc) is 2.92. The lowest BCUT2D eigenvalue weighted by molar-refractivity contribution is -0.144. The normalized spacial score (nSPS) is 12.2. The number of benzene rings is 1. The number of carbonyl (C=O) groups is 2. The summed E-state index contributed by atoms with van der Waals surface area (Å²) in [5.41, 5.74) is 1.71. The fraction of sp³-hybridized carbons (Fsp3) is 0.316. The van der Waals surface area contributed by atoms with Crippen LogP contribution in [0.1, 0.15) is 31.5 Å². The summed E-state index contributed by atoms with van der Waals surface area (Å²) in [6.45, 7) is 5.19. The van der Waals surface area contributed by atoms with Gasteiger partial charge < -0.3 is 10.1 Å². The van der Waals surface area contributed by atoms with E-state index in [2.05, 4.69) is 10.4 Å². The first-order valence-electron chi connectivity index (χ1n) is 8.47. The number of nitrogens with one attached hydrogen (secondary N) is 1. The average molecular weight is 394 g/mol. The van der Waals surface area contributed by atoms with E-state index in [9.17, 15) is 14.0 Å². The third-order valence-corrected chi connectivity index (χ3v) is 4.23. The minimum atomic E-state index is -0.667. The number of nitrogens with zero attached hydrogens (tertiary/aromatic N) is 2. The number of hydrogen-bond acceptors (Lipinski definition) is 4. The zero-order valence-corrected chi connectivity index (χ0v) is 16.1. The van der Waals surface area contributed by atoms with Gasteiger partial charge in [-0.1, -0.05) is 18.5 Å². The summed E-state index contributed by atoms with van der Waals surface area (Å²) >= 11 is 6.33. The van der Waals surface area contributed by atoms with Gasteiger partial charge in [-0.15, -0.1) is 0 Å². The highest BCUT2D eigenvalue weighted by atomic mass is 35.5. The second-order valence-electron chi connectivity index (χ2n) is 6.00. The molecule has 1 heterocycles. The molecule has 1 unspecified atom stereocenters. The number of amides is 1. The van der Waals surface area contributed by atoms with Crippen molar-refractivity contribution in [3.8, 4) is 5.69 Å². The van der Waals surface area contributed by atoms with E-state index in [1.54, 1.807) is 19.1 Å². The number of aromatic nitrogens is 2. The SMILES string of the molecule is CCC(C)NC(=O)COC(=O)/C=C/c1c(C)nn(-c2ccc(F)cc2)c1Cl. The molecule has 0 aliphatic heterocycles. The summed E-state index contributed by atoms with van der Waals surface area (Å²) in [5.74, 6) is -1.39. The first-order chi connectivity index (χ1) is 12.8. The van der Waals surface area contributed by atoms with E-state index in [0.717, 1.165) is 6.42 Å². The van der Waals surface area contributed by atoms with Gasteiger partial charge in [-0.2, -0.15) is 5.10 Å². The molecule has 1 N–H and O–H groups in total. The van der Waals surface area contributed by atoms with Crippen LogP contribution in [-0.2, 0) is 14.3 Å². The summed E-state index contributed by atoms with van der Waals surface area (Å²) in [5, 5.41) is 7.28. The van der Waals surface area contributed by atoms with E-state index >= 15 is 0 Å². The Morgan fingerprint density at radius 3 is 2.67 bits per heavy atom. The minimum absolute atomic E-state index is 0.0190. The summed E-state index contributed by atoms with van der Waals surface area (Å²) < 4.78 is 19.4. The molecule has 2 rings (SSSR count). The maximum absolute atomic E-state index is 13.1. The summed E-state index contributed by atoms with van der Waals surface area (Å²) in [4.78, 5) is 23.4. The monoisotopic (exact) mass is 393 g/mol. The van der Waals surface area contributed by atoms with Crippen LogP contribution in [-0.4, -0.2) is 34.3 Å². The molecule has 1 amide bonds. The van der Waals surface area contributed by atoms with Crippen molar-refractivity contribution >= 4 is 29.6 Å². The molecule has 6 nitrogen and oxygen atoms in total. The van der Waals surface area contributed by atoms with Crippen molar-refractivity contribution in [3.05, 3.63) is 52.6 Å². The Bertz CT molecular complexity index is 847. The number of aryl methyl sites for hydroxylation is 1. The molecule has 8 heteroatoms. The predicted octanol–water partition coefficient (Wildman–Crippen LogP) is 3.44. The number of rotatable bonds is 7. The maximum atomic E-state index is 13.1. The molecule has 0 radical (unpaired) electrons. The van der Waals surface area contributed by atoms with Gasteiger partial charge in [-0.25, -0.2) is 13.9 Å². The van der Waals surface area contributed by atoms with E-state index in [1.807, 2.05) is 13.8 Å². The van der Waals surface area contributed by atoms with E-state index in [1.165, 1.54) is 29.0 Å². The van der Waals surface area contributed by atoms with Crippen molar-refractivity contribution in [1.82, 2.24) is 15.1 Å². The van der Waals surface area contributed by atoms with Gasteiger partial charge in [0, 0.05) is 17.7 Å². The van der Waals surface area contributed by atoms with E-state index in [-0.39, 0.29) is 29.5 Å². The van der Waals surface area contributed by atoms with Crippen molar-refractivity contribution in [2.75, 3.05) is 6.61 Å². The van der Waals surface area contributed by atoms with Gasteiger partial charge in [0.2, 0.25) is 0 Å². The Kier molecular flexibility index (Phi) is 7.12. The smallest absolute Gasteiger partial charge is 0.331 e. The Morgan fingerprint density at radius 2 is 2.04 bits per heavy atom. The predicted molar refractivity (Wildman–Crippen MR) is 101 cm³/mol. The van der Waals surface area contributed by atoms with E-state index in [0.29, 0.717) is 16.9 Å². The maximum Gasteiger partial charge on any atom is 0.331 e. The van der Waals surface area contributed by atoms with Gasteiger partial charge in [0.15, 0.2) is 6.61 Å². The highest BCUT2D eigenvalue weighted by molar-refractivity contribution is 6.31. The summed E-state index contributed by atoms with van der Waals surface area (Å²) in [6, 6.07) is 5.72. The lowest BCUT2D eigenvalue weighted by Crippen LogP contribution is -2.35. The third-order valence-electron chi connectivity index (χ3n) is 3.87. The molecule has 0 aliphatic carbocycles. The highest BCUT2D eigenvalue weighted by Crippen LogP contribution is 2.24. The van der Waals surface area contributed by atoms with Crippen LogP contribution in [0, 0.1) is 12.7 Å². The molecule has 0 bridgehead atoms. The van der Waals surface area contributed by atoms with Crippen LogP contribution >= 0.6 is 11.6 Å². The standard InChI is InChI=1S/C19H21ClFN3O3/c1-4-12(2)22-17(25)11-27-18(26)10-9-16-13(3)23-24(19(16)20)15-7-5-14(21)6-8-15/h5-10,12H,4,11H2,1-3H3,(H,22,25)/b10-9+. The Labute approximate surface area is 162 Å². The van der Waals surface area contributed by atoms with Gasteiger partial charge in [-0.3, -0.25) is 4.79 Å². The van der Waals surface area contributed by atoms with Gasteiger partial charge >= 0.3 is 5.97 Å². The first-order valence-corrected chi connectivity index (χ1v) is 8.84. The molecule has 144 valence electrons. The Hall–Kier alpha value is -2.67. The number of halogens is 2. The molecule has 0 aliphatic rings. The molecule has 0 saturated heterocycles. The molecule has 0 fully saturated rings. The second-order valence-corrected chi connectivity index (χ2v) is 6.35. The molecule has 2 aromatic rings. The summed E-state index contributed by atoms with van der Waals surface area (Å²) in [6.07, 6.45) is 3.44. The van der Waals surface area contributed by atoms with Gasteiger partial charge in [0.25, 0.3) is 5.91 Å². The van der Waals surface area contributed by atoms with Gasteiger partial charge in [0.1, 0.15) is 11.0 Å². The minimum Gasteiger partial charge on any atom is -0.452 e. The lowest BCUT2D eigenvalue weighted by atomic mass is 10.2. The Morgan fingerprint density at radius 1 is 1.37 bits per heavy atom. The molecule has 1 aromatic heterocycles. The fourth-order valence-electron chi connectivity index (χ4n) is 2.21. The van der Waals surface area contributed by atoms with E-state index in [4.69, 9.17) is 16.3 Å². The number of ether oxygens (including phenoxy) is 1. The zero-order valence-electron chi connectivity index (χ0n) is 15.3. The van der Waals surface area contributed by atoms with Gasteiger partial charge in [0.05, 0.1) is 11.4 Å². The third kappa shape index (κ3) is 5.65. The topological polar surface area (TPSA) is 73.2 Å². The molecule has 1 atom stereocenters. The van der Waals surface area contributed by atoms with Gasteiger partial charge in [-0.05, 0) is 50.6 Å². The van der Waals surface area contributed by atoms with Crippen molar-refractivity contribution in [1.29, 1.82) is 0 Å². The van der Waals surface area contributed by atoms with Crippen LogP contribution in [0.5, 0.6) is 0 Å². The fourth-order valence-corrected chi connectivity index (χ4v) is 2.54. The molecule has 0 spiro atoms. The Balaban J connectivity index is 2.03. The summed E-state index contributed by atoms with van der Waals surface area (Å²) in [7, 11) is 0. The number of carbonyl (C=O) groups excluding carboxylic acids is 2. The molecule has 0 saturated carbocycles. The van der Waals surface area contributed by atoms with Crippen LogP contribution in [0.4, 0.5) is 4.39 Å². The first kappa shape index (κ1) is 20.6. The van der Waals surface area contributed by atoms with Crippen LogP contribution in [0.2, 0.25) is 5.15 Å². The van der Waals surface area contributed by atoms with Crippen LogP contribution in [0.15, 0.2) is 30.3 Å². The van der Waals surface area contributed by atoms with Crippen LogP contribution in [0.3, 0.4) is 0 Å². The van der Waals surface area contributed by atoms with Crippen molar-refractivity contribution in [3.63, 3.8) is 0 Å². The largest absolute Gasteiger partial charge is 0.452 e. The van der Waals surface area contributed by atoms with Crippen molar-refractivity contribution in [2.24, 2.45) is 0 Å². The molecular formula is C19H21ClFN3O3. The van der Waals surface area contributed by atoms with E-state index < -0.39 is 5.97 Å².